The van der Waals surface area contributed by atoms with Gasteiger partial charge in [-0.25, -0.2) is 4.98 Å². The van der Waals surface area contributed by atoms with Gasteiger partial charge in [0.25, 0.3) is 0 Å². The van der Waals surface area contributed by atoms with E-state index < -0.39 is 0 Å². The molecule has 0 saturated heterocycles. The number of nitrogens with zero attached hydrogens (tertiary/aromatic N) is 2. The molecule has 0 amide bonds. The molecule has 0 aliphatic heterocycles. The second kappa shape index (κ2) is 5.99. The first kappa shape index (κ1) is 14.3. The minimum absolute atomic E-state index is 0.0355. The number of H-pyrrole nitrogens is 1. The molecule has 0 radical (unpaired) electrons. The third-order valence-corrected chi connectivity index (χ3v) is 3.58. The lowest BCUT2D eigenvalue weighted by Gasteiger charge is -2.07. The van der Waals surface area contributed by atoms with Gasteiger partial charge in [0.2, 0.25) is 0 Å². The van der Waals surface area contributed by atoms with Gasteiger partial charge in [-0.05, 0) is 30.2 Å². The van der Waals surface area contributed by atoms with Gasteiger partial charge in [0, 0.05) is 11.1 Å². The van der Waals surface area contributed by atoms with Gasteiger partial charge < -0.3 is 9.84 Å². The van der Waals surface area contributed by atoms with Crippen LogP contribution in [0.15, 0.2) is 42.5 Å². The smallest absolute Gasteiger partial charge is 0.181 e. The Morgan fingerprint density at radius 3 is 2.77 bits per heavy atom. The van der Waals surface area contributed by atoms with E-state index in [0.29, 0.717) is 11.6 Å². The van der Waals surface area contributed by atoms with E-state index in [1.54, 1.807) is 7.11 Å². The van der Waals surface area contributed by atoms with Crippen LogP contribution in [-0.4, -0.2) is 27.4 Å². The third kappa shape index (κ3) is 2.58. The van der Waals surface area contributed by atoms with Crippen LogP contribution in [0.5, 0.6) is 5.75 Å². The number of benzene rings is 2. The first-order chi connectivity index (χ1) is 10.7. The Morgan fingerprint density at radius 1 is 1.18 bits per heavy atom. The van der Waals surface area contributed by atoms with Crippen molar-refractivity contribution in [3.8, 4) is 28.5 Å². The molecule has 0 fully saturated rings. The summed E-state index contributed by atoms with van der Waals surface area (Å²) in [5.41, 5.74) is 3.64. The molecule has 0 saturated carbocycles. The minimum atomic E-state index is -0.0355. The van der Waals surface area contributed by atoms with Gasteiger partial charge in [-0.2, -0.15) is 5.10 Å². The summed E-state index contributed by atoms with van der Waals surface area (Å²) in [6.45, 7) is 1.95. The van der Waals surface area contributed by atoms with Crippen LogP contribution in [0.1, 0.15) is 11.1 Å². The molecular formula is C17H17N3O2. The second-order valence-corrected chi connectivity index (χ2v) is 5.01. The van der Waals surface area contributed by atoms with Gasteiger partial charge in [-0.15, -0.1) is 0 Å². The summed E-state index contributed by atoms with van der Waals surface area (Å²) in [5, 5.41) is 16.8. The van der Waals surface area contributed by atoms with Crippen LogP contribution < -0.4 is 4.74 Å². The lowest BCUT2D eigenvalue weighted by atomic mass is 10.0. The number of methoxy groups -OCH3 is 1. The highest BCUT2D eigenvalue weighted by atomic mass is 16.5. The molecule has 5 heteroatoms. The summed E-state index contributed by atoms with van der Waals surface area (Å²) in [6.07, 6.45) is 0. The van der Waals surface area contributed by atoms with Crippen molar-refractivity contribution in [1.29, 1.82) is 0 Å². The highest BCUT2D eigenvalue weighted by molar-refractivity contribution is 5.67. The zero-order valence-electron chi connectivity index (χ0n) is 12.5. The van der Waals surface area contributed by atoms with Crippen molar-refractivity contribution < 1.29 is 9.84 Å². The Balaban J connectivity index is 2.04. The van der Waals surface area contributed by atoms with Crippen molar-refractivity contribution in [2.45, 2.75) is 13.5 Å². The Kier molecular flexibility index (Phi) is 3.89. The molecule has 3 rings (SSSR count). The summed E-state index contributed by atoms with van der Waals surface area (Å²) in [5.74, 6) is 2.01. The van der Waals surface area contributed by atoms with Gasteiger partial charge in [0.15, 0.2) is 11.6 Å². The van der Waals surface area contributed by atoms with Gasteiger partial charge in [-0.1, -0.05) is 30.3 Å². The van der Waals surface area contributed by atoms with Gasteiger partial charge in [0.1, 0.15) is 5.75 Å². The summed E-state index contributed by atoms with van der Waals surface area (Å²) >= 11 is 0. The Hall–Kier alpha value is -2.66. The van der Waals surface area contributed by atoms with Crippen LogP contribution in [0.2, 0.25) is 0 Å². The number of ether oxygens (including phenoxy) is 1. The Morgan fingerprint density at radius 2 is 2.00 bits per heavy atom. The summed E-state index contributed by atoms with van der Waals surface area (Å²) in [6, 6.07) is 13.4. The van der Waals surface area contributed by atoms with Crippen molar-refractivity contribution in [2.24, 2.45) is 0 Å². The van der Waals surface area contributed by atoms with Gasteiger partial charge >= 0.3 is 0 Å². The molecule has 2 aromatic carbocycles. The van der Waals surface area contributed by atoms with Crippen LogP contribution in [0.4, 0.5) is 0 Å². The number of nitrogens with one attached hydrogen (secondary N) is 1. The van der Waals surface area contributed by atoms with E-state index in [1.807, 2.05) is 49.4 Å². The SMILES string of the molecule is COc1cccc(-c2n[nH]c(-c3c(C)cccc3CO)n2)c1. The fourth-order valence-electron chi connectivity index (χ4n) is 2.46. The monoisotopic (exact) mass is 295 g/mol. The fourth-order valence-corrected chi connectivity index (χ4v) is 2.46. The highest BCUT2D eigenvalue weighted by Gasteiger charge is 2.13. The topological polar surface area (TPSA) is 71.0 Å². The lowest BCUT2D eigenvalue weighted by Crippen LogP contribution is -1.94. The van der Waals surface area contributed by atoms with E-state index in [9.17, 15) is 5.11 Å². The molecule has 0 atom stereocenters. The Labute approximate surface area is 128 Å². The van der Waals surface area contributed by atoms with E-state index in [-0.39, 0.29) is 6.61 Å². The number of aryl methyl sites for hydroxylation is 1. The van der Waals surface area contributed by atoms with E-state index in [4.69, 9.17) is 4.74 Å². The second-order valence-electron chi connectivity index (χ2n) is 5.01. The predicted octanol–water partition coefficient (Wildman–Crippen LogP) is 2.95. The molecule has 112 valence electrons. The molecule has 22 heavy (non-hydrogen) atoms. The van der Waals surface area contributed by atoms with Crippen molar-refractivity contribution in [3.05, 3.63) is 53.6 Å². The zero-order valence-corrected chi connectivity index (χ0v) is 12.5. The van der Waals surface area contributed by atoms with Crippen LogP contribution >= 0.6 is 0 Å². The van der Waals surface area contributed by atoms with Crippen LogP contribution in [0.25, 0.3) is 22.8 Å². The molecular weight excluding hydrogens is 278 g/mol. The molecule has 0 unspecified atom stereocenters. The van der Waals surface area contributed by atoms with Crippen LogP contribution in [0.3, 0.4) is 0 Å². The number of aliphatic hydroxyl groups excluding tert-OH is 1. The quantitative estimate of drug-likeness (QED) is 0.776. The number of aromatic nitrogens is 3. The van der Waals surface area contributed by atoms with E-state index in [2.05, 4.69) is 15.2 Å². The number of hydrogen-bond donors (Lipinski definition) is 2. The third-order valence-electron chi connectivity index (χ3n) is 3.58. The van der Waals surface area contributed by atoms with Crippen molar-refractivity contribution in [1.82, 2.24) is 15.2 Å². The largest absolute Gasteiger partial charge is 0.497 e. The minimum Gasteiger partial charge on any atom is -0.497 e. The number of rotatable bonds is 4. The van der Waals surface area contributed by atoms with E-state index in [0.717, 1.165) is 28.0 Å². The first-order valence-electron chi connectivity index (χ1n) is 6.99. The van der Waals surface area contributed by atoms with E-state index >= 15 is 0 Å². The van der Waals surface area contributed by atoms with E-state index in [1.165, 1.54) is 0 Å². The molecule has 5 nitrogen and oxygen atoms in total. The molecule has 1 aromatic heterocycles. The van der Waals surface area contributed by atoms with Crippen molar-refractivity contribution >= 4 is 0 Å². The zero-order chi connectivity index (χ0) is 15.5. The maximum atomic E-state index is 9.52. The summed E-state index contributed by atoms with van der Waals surface area (Å²) in [4.78, 5) is 4.56. The number of aliphatic hydroxyl groups is 1. The maximum Gasteiger partial charge on any atom is 0.181 e. The van der Waals surface area contributed by atoms with Gasteiger partial charge in [0.05, 0.1) is 13.7 Å². The van der Waals surface area contributed by atoms with Crippen LogP contribution in [-0.2, 0) is 6.61 Å². The molecule has 0 aliphatic carbocycles. The Bertz CT molecular complexity index is 796. The number of hydrogen-bond acceptors (Lipinski definition) is 4. The first-order valence-corrected chi connectivity index (χ1v) is 6.99. The van der Waals surface area contributed by atoms with Crippen LogP contribution in [0, 0.1) is 6.92 Å². The molecule has 2 N–H and O–H groups in total. The molecule has 0 bridgehead atoms. The average Bonchev–Trinajstić information content (AvgIpc) is 3.04. The average molecular weight is 295 g/mol. The molecule has 3 aromatic rings. The molecule has 0 aliphatic rings. The van der Waals surface area contributed by atoms with Crippen molar-refractivity contribution in [3.63, 3.8) is 0 Å². The highest BCUT2D eigenvalue weighted by Crippen LogP contribution is 2.27. The maximum absolute atomic E-state index is 9.52. The lowest BCUT2D eigenvalue weighted by molar-refractivity contribution is 0.282. The predicted molar refractivity (Wildman–Crippen MR) is 84.5 cm³/mol. The molecule has 1 heterocycles. The summed E-state index contributed by atoms with van der Waals surface area (Å²) < 4.78 is 5.22. The normalized spacial score (nSPS) is 10.7. The fraction of sp³-hybridized carbons (Fsp3) is 0.176. The molecule has 0 spiro atoms. The number of aromatic amines is 1. The standard InChI is InChI=1S/C17H17N3O2/c1-11-5-3-7-13(10-21)15(11)17-18-16(19-20-17)12-6-4-8-14(9-12)22-2/h3-9,21H,10H2,1-2H3,(H,18,19,20). The van der Waals surface area contributed by atoms with Crippen molar-refractivity contribution in [2.75, 3.05) is 7.11 Å². The summed E-state index contributed by atoms with van der Waals surface area (Å²) in [7, 11) is 1.63. The van der Waals surface area contributed by atoms with Gasteiger partial charge in [-0.3, -0.25) is 5.10 Å².